The van der Waals surface area contributed by atoms with Gasteiger partial charge < -0.3 is 10.1 Å². The summed E-state index contributed by atoms with van der Waals surface area (Å²) in [6, 6.07) is 16.3. The van der Waals surface area contributed by atoms with Gasteiger partial charge in [0.15, 0.2) is 6.61 Å². The molecule has 0 unspecified atom stereocenters. The van der Waals surface area contributed by atoms with Gasteiger partial charge in [0.25, 0.3) is 5.91 Å². The van der Waals surface area contributed by atoms with Crippen LogP contribution in [0.2, 0.25) is 0 Å². The molecule has 0 radical (unpaired) electrons. The van der Waals surface area contributed by atoms with E-state index in [1.807, 2.05) is 37.3 Å². The molecule has 0 spiro atoms. The van der Waals surface area contributed by atoms with E-state index in [2.05, 4.69) is 5.32 Å². The van der Waals surface area contributed by atoms with Crippen LogP contribution in [0.4, 0.5) is 0 Å². The van der Waals surface area contributed by atoms with Crippen molar-refractivity contribution < 1.29 is 14.3 Å². The molecule has 0 bridgehead atoms. The number of hydrogen-bond donors (Lipinski definition) is 1. The smallest absolute Gasteiger partial charge is 0.258 e. The van der Waals surface area contributed by atoms with Crippen molar-refractivity contribution >= 4 is 12.2 Å². The van der Waals surface area contributed by atoms with Crippen molar-refractivity contribution in [3.63, 3.8) is 0 Å². The molecule has 0 fully saturated rings. The summed E-state index contributed by atoms with van der Waals surface area (Å²) in [5, 5.41) is 2.87. The topological polar surface area (TPSA) is 55.4 Å². The van der Waals surface area contributed by atoms with Crippen LogP contribution in [0.5, 0.6) is 5.75 Å². The van der Waals surface area contributed by atoms with Gasteiger partial charge >= 0.3 is 0 Å². The van der Waals surface area contributed by atoms with Crippen LogP contribution in [0.15, 0.2) is 54.6 Å². The number of carbonyl (C=O) groups is 2. The summed E-state index contributed by atoms with van der Waals surface area (Å²) in [5.41, 5.74) is 1.62. The summed E-state index contributed by atoms with van der Waals surface area (Å²) in [6.45, 7) is 1.86. The number of rotatable bonds is 6. The van der Waals surface area contributed by atoms with E-state index in [9.17, 15) is 9.59 Å². The third-order valence-electron chi connectivity index (χ3n) is 3.06. The Morgan fingerprint density at radius 1 is 1.14 bits per heavy atom. The van der Waals surface area contributed by atoms with Crippen molar-refractivity contribution in [3.8, 4) is 5.75 Å². The van der Waals surface area contributed by atoms with Gasteiger partial charge in [0, 0.05) is 5.56 Å². The number of amides is 1. The Kier molecular flexibility index (Phi) is 5.10. The van der Waals surface area contributed by atoms with Crippen LogP contribution >= 0.6 is 0 Å². The first-order valence-corrected chi connectivity index (χ1v) is 6.71. The molecule has 1 atom stereocenters. The Morgan fingerprint density at radius 3 is 2.43 bits per heavy atom. The molecule has 0 aliphatic rings. The first-order chi connectivity index (χ1) is 10.2. The molecule has 2 aromatic rings. The number of hydrogen-bond acceptors (Lipinski definition) is 3. The monoisotopic (exact) mass is 283 g/mol. The van der Waals surface area contributed by atoms with Gasteiger partial charge in [0.05, 0.1) is 6.04 Å². The Labute approximate surface area is 123 Å². The average molecular weight is 283 g/mol. The molecule has 2 rings (SSSR count). The van der Waals surface area contributed by atoms with Crippen molar-refractivity contribution in [1.82, 2.24) is 5.32 Å². The van der Waals surface area contributed by atoms with Crippen LogP contribution in [0.1, 0.15) is 28.9 Å². The lowest BCUT2D eigenvalue weighted by Crippen LogP contribution is -2.31. The zero-order valence-corrected chi connectivity index (χ0v) is 11.8. The molecular weight excluding hydrogens is 266 g/mol. The average Bonchev–Trinajstić information content (AvgIpc) is 2.54. The SMILES string of the molecule is C[C@@H](NC(=O)COc1ccc(C=O)cc1)c1ccccc1. The fourth-order valence-corrected chi connectivity index (χ4v) is 1.90. The molecule has 0 saturated carbocycles. The van der Waals surface area contributed by atoms with Crippen LogP contribution in [0, 0.1) is 0 Å². The number of aldehydes is 1. The van der Waals surface area contributed by atoms with E-state index in [-0.39, 0.29) is 18.6 Å². The minimum absolute atomic E-state index is 0.0579. The van der Waals surface area contributed by atoms with Crippen LogP contribution in [-0.2, 0) is 4.79 Å². The van der Waals surface area contributed by atoms with Gasteiger partial charge in [-0.1, -0.05) is 30.3 Å². The summed E-state index contributed by atoms with van der Waals surface area (Å²) >= 11 is 0. The van der Waals surface area contributed by atoms with Crippen molar-refractivity contribution in [3.05, 3.63) is 65.7 Å². The quantitative estimate of drug-likeness (QED) is 0.829. The third-order valence-corrected chi connectivity index (χ3v) is 3.06. The molecule has 1 amide bonds. The molecule has 0 heterocycles. The fourth-order valence-electron chi connectivity index (χ4n) is 1.90. The van der Waals surface area contributed by atoms with Crippen LogP contribution in [-0.4, -0.2) is 18.8 Å². The molecule has 0 aromatic heterocycles. The highest BCUT2D eigenvalue weighted by Gasteiger charge is 2.09. The summed E-state index contributed by atoms with van der Waals surface area (Å²) < 4.78 is 5.38. The highest BCUT2D eigenvalue weighted by Crippen LogP contribution is 2.12. The first-order valence-electron chi connectivity index (χ1n) is 6.71. The van der Waals surface area contributed by atoms with E-state index in [1.54, 1.807) is 24.3 Å². The number of ether oxygens (including phenoxy) is 1. The zero-order valence-electron chi connectivity index (χ0n) is 11.8. The molecule has 0 saturated heterocycles. The van der Waals surface area contributed by atoms with Gasteiger partial charge in [-0.2, -0.15) is 0 Å². The predicted molar refractivity (Wildman–Crippen MR) is 80.3 cm³/mol. The van der Waals surface area contributed by atoms with Crippen molar-refractivity contribution in [2.24, 2.45) is 0 Å². The highest BCUT2D eigenvalue weighted by molar-refractivity contribution is 5.78. The molecule has 108 valence electrons. The van der Waals surface area contributed by atoms with Gasteiger partial charge in [-0.25, -0.2) is 0 Å². The van der Waals surface area contributed by atoms with Crippen LogP contribution in [0.25, 0.3) is 0 Å². The molecular formula is C17H17NO3. The summed E-state index contributed by atoms with van der Waals surface area (Å²) in [7, 11) is 0. The van der Waals surface area contributed by atoms with E-state index in [0.29, 0.717) is 11.3 Å². The first kappa shape index (κ1) is 14.8. The number of nitrogens with one attached hydrogen (secondary N) is 1. The zero-order chi connectivity index (χ0) is 15.1. The second-order valence-electron chi connectivity index (χ2n) is 4.68. The Balaban J connectivity index is 1.83. The van der Waals surface area contributed by atoms with Gasteiger partial charge in [-0.15, -0.1) is 0 Å². The van der Waals surface area contributed by atoms with Crippen LogP contribution < -0.4 is 10.1 Å². The minimum atomic E-state index is -0.189. The Hall–Kier alpha value is -2.62. The Bertz CT molecular complexity index is 593. The second-order valence-corrected chi connectivity index (χ2v) is 4.68. The summed E-state index contributed by atoms with van der Waals surface area (Å²) in [5.74, 6) is 0.369. The molecule has 0 aliphatic carbocycles. The standard InChI is InChI=1S/C17H17NO3/c1-13(15-5-3-2-4-6-15)18-17(20)12-21-16-9-7-14(11-19)8-10-16/h2-11,13H,12H2,1H3,(H,18,20)/t13-/m1/s1. The fraction of sp³-hybridized carbons (Fsp3) is 0.176. The highest BCUT2D eigenvalue weighted by atomic mass is 16.5. The second kappa shape index (κ2) is 7.24. The lowest BCUT2D eigenvalue weighted by molar-refractivity contribution is -0.123. The van der Waals surface area contributed by atoms with E-state index >= 15 is 0 Å². The maximum Gasteiger partial charge on any atom is 0.258 e. The minimum Gasteiger partial charge on any atom is -0.484 e. The summed E-state index contributed by atoms with van der Waals surface area (Å²) in [4.78, 5) is 22.4. The van der Waals surface area contributed by atoms with Crippen molar-refractivity contribution in [2.75, 3.05) is 6.61 Å². The maximum absolute atomic E-state index is 11.8. The maximum atomic E-state index is 11.8. The van der Waals surface area contributed by atoms with Gasteiger partial charge in [-0.05, 0) is 36.8 Å². The van der Waals surface area contributed by atoms with Gasteiger partial charge in [0.2, 0.25) is 0 Å². The van der Waals surface area contributed by atoms with E-state index in [0.717, 1.165) is 11.8 Å². The normalized spacial score (nSPS) is 11.5. The lowest BCUT2D eigenvalue weighted by Gasteiger charge is -2.14. The Morgan fingerprint density at radius 2 is 1.81 bits per heavy atom. The number of carbonyl (C=O) groups excluding carboxylic acids is 2. The van der Waals surface area contributed by atoms with E-state index in [4.69, 9.17) is 4.74 Å². The molecule has 1 N–H and O–H groups in total. The lowest BCUT2D eigenvalue weighted by atomic mass is 10.1. The van der Waals surface area contributed by atoms with Crippen molar-refractivity contribution in [1.29, 1.82) is 0 Å². The molecule has 4 heteroatoms. The van der Waals surface area contributed by atoms with Gasteiger partial charge in [-0.3, -0.25) is 9.59 Å². The summed E-state index contributed by atoms with van der Waals surface area (Å²) in [6.07, 6.45) is 0.762. The third kappa shape index (κ3) is 4.45. The largest absolute Gasteiger partial charge is 0.484 e. The van der Waals surface area contributed by atoms with E-state index < -0.39 is 0 Å². The van der Waals surface area contributed by atoms with Crippen LogP contribution in [0.3, 0.4) is 0 Å². The predicted octanol–water partition coefficient (Wildman–Crippen LogP) is 2.76. The number of benzene rings is 2. The van der Waals surface area contributed by atoms with E-state index in [1.165, 1.54) is 0 Å². The molecule has 0 aliphatic heterocycles. The molecule has 4 nitrogen and oxygen atoms in total. The van der Waals surface area contributed by atoms with Gasteiger partial charge in [0.1, 0.15) is 12.0 Å². The molecule has 21 heavy (non-hydrogen) atoms. The molecule has 2 aromatic carbocycles. The van der Waals surface area contributed by atoms with Crippen molar-refractivity contribution in [2.45, 2.75) is 13.0 Å².